The van der Waals surface area contributed by atoms with Gasteiger partial charge in [0.25, 0.3) is 5.91 Å². The highest BCUT2D eigenvalue weighted by molar-refractivity contribution is 6.32. The predicted molar refractivity (Wildman–Crippen MR) is 135 cm³/mol. The first-order chi connectivity index (χ1) is 17.0. The summed E-state index contributed by atoms with van der Waals surface area (Å²) < 4.78 is 20.0. The summed E-state index contributed by atoms with van der Waals surface area (Å²) in [6.45, 7) is 1.13. The number of rotatable bonds is 4. The number of carbonyl (C=O) groups is 2. The Labute approximate surface area is 208 Å². The minimum Gasteiger partial charge on any atom is -0.452 e. The molecule has 35 heavy (non-hydrogen) atoms. The third-order valence-electron chi connectivity index (χ3n) is 6.75. The van der Waals surface area contributed by atoms with E-state index in [2.05, 4.69) is 0 Å². The van der Waals surface area contributed by atoms with Gasteiger partial charge in [0.15, 0.2) is 6.61 Å². The number of amides is 1. The maximum Gasteiger partial charge on any atom is 0.339 e. The SMILES string of the molecule is O=C(OCC(=O)N1CCCCCC1)c1c2c(nc3ccccc13)C(=Cc1c(F)cccc1Cl)CC2. The van der Waals surface area contributed by atoms with Crippen molar-refractivity contribution >= 4 is 46.0 Å². The number of hydrogen-bond acceptors (Lipinski definition) is 4. The number of fused-ring (bicyclic) bond motifs is 2. The van der Waals surface area contributed by atoms with Crippen molar-refractivity contribution in [3.05, 3.63) is 75.7 Å². The van der Waals surface area contributed by atoms with E-state index in [-0.39, 0.29) is 12.5 Å². The summed E-state index contributed by atoms with van der Waals surface area (Å²) in [6, 6.07) is 11.9. The summed E-state index contributed by atoms with van der Waals surface area (Å²) in [5.41, 5.74) is 3.59. The van der Waals surface area contributed by atoms with Gasteiger partial charge in [-0.25, -0.2) is 14.2 Å². The number of ether oxygens (including phenoxy) is 1. The molecule has 1 aliphatic heterocycles. The van der Waals surface area contributed by atoms with Crippen molar-refractivity contribution in [3.8, 4) is 0 Å². The molecule has 7 heteroatoms. The van der Waals surface area contributed by atoms with Crippen LogP contribution in [0.25, 0.3) is 22.6 Å². The van der Waals surface area contributed by atoms with E-state index in [1.165, 1.54) is 6.07 Å². The van der Waals surface area contributed by atoms with Crippen LogP contribution in [0.15, 0.2) is 42.5 Å². The Bertz CT molecular complexity index is 1310. The van der Waals surface area contributed by atoms with E-state index in [4.69, 9.17) is 21.3 Å². The van der Waals surface area contributed by atoms with Crippen LogP contribution in [0.2, 0.25) is 5.02 Å². The zero-order valence-corrected chi connectivity index (χ0v) is 20.1. The van der Waals surface area contributed by atoms with Gasteiger partial charge in [-0.3, -0.25) is 4.79 Å². The van der Waals surface area contributed by atoms with Gasteiger partial charge in [-0.1, -0.05) is 48.7 Å². The van der Waals surface area contributed by atoms with Crippen molar-refractivity contribution in [2.45, 2.75) is 38.5 Å². The van der Waals surface area contributed by atoms with Crippen LogP contribution in [0.4, 0.5) is 4.39 Å². The fourth-order valence-corrected chi connectivity index (χ4v) is 5.16. The van der Waals surface area contributed by atoms with Gasteiger partial charge in [-0.05, 0) is 61.1 Å². The van der Waals surface area contributed by atoms with Crippen LogP contribution in [-0.2, 0) is 16.0 Å². The molecule has 3 aromatic rings. The highest BCUT2D eigenvalue weighted by Gasteiger charge is 2.28. The molecule has 180 valence electrons. The molecule has 2 heterocycles. The van der Waals surface area contributed by atoms with Crippen molar-refractivity contribution in [1.82, 2.24) is 9.88 Å². The van der Waals surface area contributed by atoms with Crippen molar-refractivity contribution in [2.24, 2.45) is 0 Å². The number of nitrogens with zero attached hydrogens (tertiary/aromatic N) is 2. The van der Waals surface area contributed by atoms with E-state index >= 15 is 0 Å². The molecule has 5 nitrogen and oxygen atoms in total. The van der Waals surface area contributed by atoms with E-state index in [0.29, 0.717) is 58.7 Å². The second-order valence-electron chi connectivity index (χ2n) is 9.01. The molecule has 0 saturated carbocycles. The van der Waals surface area contributed by atoms with Crippen molar-refractivity contribution in [3.63, 3.8) is 0 Å². The van der Waals surface area contributed by atoms with Crippen LogP contribution in [0.5, 0.6) is 0 Å². The molecule has 0 N–H and O–H groups in total. The molecule has 1 amide bonds. The molecule has 0 unspecified atom stereocenters. The second kappa shape index (κ2) is 10.2. The number of pyridine rings is 1. The molecule has 1 fully saturated rings. The molecule has 1 aliphatic carbocycles. The minimum absolute atomic E-state index is 0.162. The van der Waals surface area contributed by atoms with Gasteiger partial charge in [0.05, 0.1) is 21.8 Å². The van der Waals surface area contributed by atoms with Crippen LogP contribution in [-0.4, -0.2) is 41.5 Å². The lowest BCUT2D eigenvalue weighted by atomic mass is 10.0. The van der Waals surface area contributed by atoms with Gasteiger partial charge < -0.3 is 9.64 Å². The Hall–Kier alpha value is -3.25. The molecule has 1 aromatic heterocycles. The van der Waals surface area contributed by atoms with Crippen LogP contribution in [0.1, 0.15) is 59.3 Å². The van der Waals surface area contributed by atoms with E-state index < -0.39 is 11.8 Å². The zero-order chi connectivity index (χ0) is 24.4. The first kappa shape index (κ1) is 23.5. The smallest absolute Gasteiger partial charge is 0.339 e. The van der Waals surface area contributed by atoms with E-state index in [0.717, 1.165) is 36.8 Å². The molecule has 1 saturated heterocycles. The van der Waals surface area contributed by atoms with Crippen LogP contribution in [0.3, 0.4) is 0 Å². The maximum absolute atomic E-state index is 14.4. The average molecular weight is 493 g/mol. The van der Waals surface area contributed by atoms with Crippen molar-refractivity contribution in [2.75, 3.05) is 19.7 Å². The minimum atomic E-state index is -0.534. The molecule has 2 aromatic carbocycles. The monoisotopic (exact) mass is 492 g/mol. The zero-order valence-electron chi connectivity index (χ0n) is 19.4. The van der Waals surface area contributed by atoms with Gasteiger partial charge in [0.1, 0.15) is 5.82 Å². The van der Waals surface area contributed by atoms with Gasteiger partial charge in [-0.2, -0.15) is 0 Å². The fraction of sp³-hybridized carbons (Fsp3) is 0.321. The van der Waals surface area contributed by atoms with Crippen molar-refractivity contribution < 1.29 is 18.7 Å². The van der Waals surface area contributed by atoms with E-state index in [1.807, 2.05) is 24.3 Å². The predicted octanol–water partition coefficient (Wildman–Crippen LogP) is 6.07. The van der Waals surface area contributed by atoms with E-state index in [1.54, 1.807) is 23.1 Å². The lowest BCUT2D eigenvalue weighted by molar-refractivity contribution is -0.134. The summed E-state index contributed by atoms with van der Waals surface area (Å²) in [5, 5.41) is 1.00. The summed E-state index contributed by atoms with van der Waals surface area (Å²) in [7, 11) is 0. The van der Waals surface area contributed by atoms with Crippen LogP contribution < -0.4 is 0 Å². The number of benzene rings is 2. The number of halogens is 2. The molecule has 0 bridgehead atoms. The number of aromatic nitrogens is 1. The molecule has 5 rings (SSSR count). The molecule has 0 spiro atoms. The average Bonchev–Trinajstić information content (AvgIpc) is 3.06. The Kier molecular flexibility index (Phi) is 6.82. The van der Waals surface area contributed by atoms with Crippen molar-refractivity contribution in [1.29, 1.82) is 0 Å². The van der Waals surface area contributed by atoms with Crippen LogP contribution >= 0.6 is 11.6 Å². The van der Waals surface area contributed by atoms with Gasteiger partial charge in [-0.15, -0.1) is 0 Å². The first-order valence-electron chi connectivity index (χ1n) is 12.0. The maximum atomic E-state index is 14.4. The number of likely N-dealkylation sites (tertiary alicyclic amines) is 1. The molecular formula is C28H26ClFN2O3. The van der Waals surface area contributed by atoms with Gasteiger partial charge in [0, 0.05) is 24.0 Å². The lowest BCUT2D eigenvalue weighted by Gasteiger charge is -2.20. The second-order valence-corrected chi connectivity index (χ2v) is 9.41. The van der Waals surface area contributed by atoms with Gasteiger partial charge in [0.2, 0.25) is 0 Å². The number of allylic oxidation sites excluding steroid dienone is 1. The number of esters is 1. The number of hydrogen-bond donors (Lipinski definition) is 0. The summed E-state index contributed by atoms with van der Waals surface area (Å²) >= 11 is 6.24. The summed E-state index contributed by atoms with van der Waals surface area (Å²) in [4.78, 5) is 32.6. The molecule has 2 aliphatic rings. The highest BCUT2D eigenvalue weighted by Crippen LogP contribution is 2.38. The van der Waals surface area contributed by atoms with Gasteiger partial charge >= 0.3 is 5.97 Å². The van der Waals surface area contributed by atoms with E-state index in [9.17, 15) is 14.0 Å². The Morgan fingerprint density at radius 1 is 1.03 bits per heavy atom. The quantitative estimate of drug-likeness (QED) is 0.414. The lowest BCUT2D eigenvalue weighted by Crippen LogP contribution is -2.35. The molecule has 0 atom stereocenters. The Balaban J connectivity index is 1.48. The summed E-state index contributed by atoms with van der Waals surface area (Å²) in [6.07, 6.45) is 7.06. The molecular weight excluding hydrogens is 467 g/mol. The van der Waals surface area contributed by atoms with Crippen LogP contribution in [0, 0.1) is 5.82 Å². The third kappa shape index (κ3) is 4.80. The Morgan fingerprint density at radius 3 is 2.57 bits per heavy atom. The largest absolute Gasteiger partial charge is 0.452 e. The Morgan fingerprint density at radius 2 is 1.80 bits per heavy atom. The highest BCUT2D eigenvalue weighted by atomic mass is 35.5. The topological polar surface area (TPSA) is 59.5 Å². The third-order valence-corrected chi connectivity index (χ3v) is 7.08. The first-order valence-corrected chi connectivity index (χ1v) is 12.4. The summed E-state index contributed by atoms with van der Waals surface area (Å²) in [5.74, 6) is -1.11. The fourth-order valence-electron chi connectivity index (χ4n) is 4.95. The standard InChI is InChI=1S/C28H26ClFN2O3/c29-22-9-7-10-23(30)21(22)16-18-12-13-20-26(19-8-3-4-11-24(19)31-27(18)20)28(34)35-17-25(33)32-14-5-1-2-6-15-32/h3-4,7-11,16H,1-2,5-6,12-15,17H2. The molecule has 0 radical (unpaired) electrons. The number of para-hydroxylation sites is 1. The number of carbonyl (C=O) groups excluding carboxylic acids is 2. The normalized spacial score (nSPS) is 16.9.